The third-order valence-corrected chi connectivity index (χ3v) is 11.4. The Bertz CT molecular complexity index is 1310. The molecule has 290 valence electrons. The van der Waals surface area contributed by atoms with Gasteiger partial charge in [-0.1, -0.05) is 34.1 Å². The van der Waals surface area contributed by atoms with Gasteiger partial charge in [0.1, 0.15) is 23.6 Å². The van der Waals surface area contributed by atoms with E-state index in [-0.39, 0.29) is 37.4 Å². The van der Waals surface area contributed by atoms with Gasteiger partial charge in [-0.2, -0.15) is 0 Å². The first-order valence-electron chi connectivity index (χ1n) is 18.4. The van der Waals surface area contributed by atoms with E-state index < -0.39 is 95.5 Å². The number of amides is 1. The quantitative estimate of drug-likeness (QED) is 0.139. The summed E-state index contributed by atoms with van der Waals surface area (Å²) < 4.78 is 31.2. The maximum Gasteiger partial charge on any atom is 0.410 e. The van der Waals surface area contributed by atoms with Crippen LogP contribution in [0.25, 0.3) is 0 Å². The molecule has 3 rings (SSSR count). The number of aliphatic hydroxyl groups is 1. The van der Waals surface area contributed by atoms with Crippen molar-refractivity contribution in [2.24, 2.45) is 23.7 Å². The molecule has 14 heteroatoms. The van der Waals surface area contributed by atoms with Crippen LogP contribution in [-0.4, -0.2) is 119 Å². The summed E-state index contributed by atoms with van der Waals surface area (Å²) in [6.07, 6.45) is -2.96. The van der Waals surface area contributed by atoms with Gasteiger partial charge in [-0.15, -0.1) is 0 Å². The average molecular weight is 726 g/mol. The van der Waals surface area contributed by atoms with Gasteiger partial charge in [0.15, 0.2) is 30.8 Å². The average Bonchev–Trinajstić information content (AvgIpc) is 3.33. The Morgan fingerprint density at radius 2 is 1.67 bits per heavy atom. The van der Waals surface area contributed by atoms with Crippen molar-refractivity contribution in [3.63, 3.8) is 0 Å². The highest BCUT2D eigenvalue weighted by Crippen LogP contribution is 2.43. The molecule has 0 unspecified atom stereocenters. The van der Waals surface area contributed by atoms with E-state index in [9.17, 15) is 34.0 Å². The minimum atomic E-state index is -1.42. The summed E-state index contributed by atoms with van der Waals surface area (Å²) in [7, 11) is 2.75. The molecule has 0 aromatic heterocycles. The van der Waals surface area contributed by atoms with Crippen molar-refractivity contribution in [1.82, 2.24) is 4.90 Å². The summed E-state index contributed by atoms with van der Waals surface area (Å²) in [5, 5.41) is 11.2. The molecule has 1 N–H and O–H groups in total. The normalized spacial score (nSPS) is 39.9. The fraction of sp³-hybridized carbons (Fsp3) is 0.865. The van der Waals surface area contributed by atoms with E-state index in [1.807, 2.05) is 0 Å². The Hall–Kier alpha value is -2.81. The van der Waals surface area contributed by atoms with Crippen LogP contribution in [0.2, 0.25) is 0 Å². The predicted molar refractivity (Wildman–Crippen MR) is 185 cm³/mol. The minimum Gasteiger partial charge on any atom is -0.458 e. The van der Waals surface area contributed by atoms with Crippen LogP contribution in [0, 0.1) is 28.6 Å². The first-order valence-corrected chi connectivity index (χ1v) is 18.4. The number of methoxy groups -OCH3 is 1. The molecular weight excluding hydrogens is 664 g/mol. The summed E-state index contributed by atoms with van der Waals surface area (Å²) >= 11 is 0. The third-order valence-electron chi connectivity index (χ3n) is 11.4. The minimum absolute atomic E-state index is 0.0670. The fourth-order valence-electron chi connectivity index (χ4n) is 8.39. The molecule has 0 bridgehead atoms. The van der Waals surface area contributed by atoms with Gasteiger partial charge >= 0.3 is 12.1 Å². The van der Waals surface area contributed by atoms with E-state index in [1.165, 1.54) is 32.9 Å². The van der Waals surface area contributed by atoms with E-state index in [1.54, 1.807) is 48.5 Å². The van der Waals surface area contributed by atoms with Crippen molar-refractivity contribution in [1.29, 1.82) is 0 Å². The van der Waals surface area contributed by atoms with Crippen LogP contribution in [0.1, 0.15) is 107 Å². The monoisotopic (exact) mass is 725 g/mol. The van der Waals surface area contributed by atoms with Crippen molar-refractivity contribution in [2.45, 2.75) is 161 Å². The Morgan fingerprint density at radius 3 is 2.24 bits per heavy atom. The Labute approximate surface area is 302 Å². The second kappa shape index (κ2) is 17.3. The van der Waals surface area contributed by atoms with E-state index in [0.717, 1.165) is 0 Å². The highest BCUT2D eigenvalue weighted by molar-refractivity contribution is 6.00. The van der Waals surface area contributed by atoms with Crippen LogP contribution in [0.4, 0.5) is 4.79 Å². The Kier molecular flexibility index (Phi) is 14.5. The maximum atomic E-state index is 14.5. The lowest BCUT2D eigenvalue weighted by Crippen LogP contribution is -2.60. The topological polar surface area (TPSA) is 175 Å². The van der Waals surface area contributed by atoms with E-state index in [2.05, 4.69) is 0 Å². The standard InChI is InChI=1S/C37H61N2O12/c1-12-27-37(9)31(39(35(45)51-37)17-15-13-14-16-21(3)40)23(5)28(41)20(2)19-36(8,47-11)32(24(6)29(42)25(7)33(44)49-27)50-34-30(43)26(38(10)46)18-22(4)48-34/h20,22-27,30-32,34,43H,12-19H2,1-11H3/q+1/t20-,22-,23+,24+,25-,26+,27-,30-,31-,32-,34+,36-,37-/m1/s1. The van der Waals surface area contributed by atoms with Gasteiger partial charge in [0.25, 0.3) is 0 Å². The number of ketones is 3. The van der Waals surface area contributed by atoms with Crippen molar-refractivity contribution in [3.05, 3.63) is 4.91 Å². The number of nitroso groups, excluding NO2 is 1. The highest BCUT2D eigenvalue weighted by Gasteiger charge is 2.60. The largest absolute Gasteiger partial charge is 0.458 e. The lowest BCUT2D eigenvalue weighted by molar-refractivity contribution is -0.584. The summed E-state index contributed by atoms with van der Waals surface area (Å²) in [5.41, 5.74) is -2.76. The zero-order chi connectivity index (χ0) is 38.6. The number of fused-ring (bicyclic) bond motifs is 1. The van der Waals surface area contributed by atoms with Crippen LogP contribution < -0.4 is 0 Å². The number of esters is 1. The number of hydrogen-bond acceptors (Lipinski definition) is 12. The number of nitrogens with zero attached hydrogens (tertiary/aromatic N) is 2. The SMILES string of the molecule is CC[C@H]1OC(=O)[C@H](C)C(=O)[C@H](C)[C@@H](O[C@@H]2O[C@H](C)C[C@H]([N+](C)=O)[C@H]2O)[C@](C)(OC)C[C@@H](C)C(=O)[C@H](C)[C@H]2N(CCCCCC(C)=O)C(=O)O[C@]12C. The molecule has 1 amide bonds. The molecule has 3 fully saturated rings. The van der Waals surface area contributed by atoms with E-state index in [4.69, 9.17) is 23.7 Å². The van der Waals surface area contributed by atoms with Crippen molar-refractivity contribution in [2.75, 3.05) is 20.7 Å². The second-order valence-corrected chi connectivity index (χ2v) is 15.5. The third kappa shape index (κ3) is 9.23. The molecule has 0 radical (unpaired) electrons. The van der Waals surface area contributed by atoms with Gasteiger partial charge in [0, 0.05) is 53.9 Å². The first kappa shape index (κ1) is 42.6. The van der Waals surface area contributed by atoms with Gasteiger partial charge in [-0.3, -0.25) is 14.4 Å². The van der Waals surface area contributed by atoms with E-state index >= 15 is 0 Å². The molecule has 51 heavy (non-hydrogen) atoms. The number of likely N-dealkylation sites (N-methyl/N-ethyl adjacent to an activating group) is 1. The molecule has 0 aliphatic carbocycles. The number of aliphatic hydroxyl groups excluding tert-OH is 1. The number of ether oxygens (including phenoxy) is 5. The van der Waals surface area contributed by atoms with Crippen LogP contribution in [0.3, 0.4) is 0 Å². The molecule has 3 heterocycles. The van der Waals surface area contributed by atoms with Gasteiger partial charge < -0.3 is 38.5 Å². The van der Waals surface area contributed by atoms with Crippen LogP contribution >= 0.6 is 0 Å². The van der Waals surface area contributed by atoms with E-state index in [0.29, 0.717) is 30.4 Å². The molecule has 0 aromatic rings. The van der Waals surface area contributed by atoms with Crippen molar-refractivity contribution < 1.29 is 57.5 Å². The van der Waals surface area contributed by atoms with Gasteiger partial charge in [0.2, 0.25) is 6.04 Å². The van der Waals surface area contributed by atoms with Crippen molar-refractivity contribution in [3.8, 4) is 0 Å². The second-order valence-electron chi connectivity index (χ2n) is 15.5. The fourth-order valence-corrected chi connectivity index (χ4v) is 8.39. The van der Waals surface area contributed by atoms with Crippen LogP contribution in [-0.2, 0) is 42.9 Å². The number of rotatable bonds is 11. The Morgan fingerprint density at radius 1 is 1.02 bits per heavy atom. The zero-order valence-electron chi connectivity index (χ0n) is 32.3. The number of hydrogen-bond donors (Lipinski definition) is 1. The zero-order valence-corrected chi connectivity index (χ0v) is 32.3. The smallest absolute Gasteiger partial charge is 0.410 e. The van der Waals surface area contributed by atoms with Crippen molar-refractivity contribution >= 4 is 29.4 Å². The molecule has 0 saturated carbocycles. The maximum absolute atomic E-state index is 14.5. The number of cyclic esters (lactones) is 1. The lowest BCUT2D eigenvalue weighted by Gasteiger charge is -2.45. The molecule has 3 aliphatic rings. The predicted octanol–water partition coefficient (Wildman–Crippen LogP) is 4.19. The molecule has 14 nitrogen and oxygen atoms in total. The Balaban J connectivity index is 2.08. The number of unbranched alkanes of at least 4 members (excludes halogenated alkanes) is 2. The number of carbonyl (C=O) groups excluding carboxylic acids is 5. The summed E-state index contributed by atoms with van der Waals surface area (Å²) in [5.74, 6) is -5.22. The van der Waals surface area contributed by atoms with Crippen LogP contribution in [0.15, 0.2) is 0 Å². The molecule has 3 saturated heterocycles. The molecule has 13 atom stereocenters. The van der Waals surface area contributed by atoms with Crippen LogP contribution in [0.5, 0.6) is 0 Å². The summed E-state index contributed by atoms with van der Waals surface area (Å²) in [4.78, 5) is 81.3. The summed E-state index contributed by atoms with van der Waals surface area (Å²) in [6, 6.07) is -1.64. The lowest BCUT2D eigenvalue weighted by atomic mass is 9.73. The molecule has 0 aromatic carbocycles. The highest BCUT2D eigenvalue weighted by atomic mass is 16.7. The van der Waals surface area contributed by atoms with Gasteiger partial charge in [0.05, 0.1) is 23.9 Å². The van der Waals surface area contributed by atoms with Gasteiger partial charge in [-0.25, -0.2) is 4.79 Å². The first-order chi connectivity index (χ1) is 23.7. The van der Waals surface area contributed by atoms with Gasteiger partial charge in [-0.05, 0) is 60.3 Å². The molecule has 3 aliphatic heterocycles. The number of carbonyl (C=O) groups is 5. The molecule has 0 spiro atoms. The summed E-state index contributed by atoms with van der Waals surface area (Å²) in [6.45, 7) is 15.2. The number of Topliss-reactive ketones (excluding diaryl/α,β-unsaturated/α-hetero) is 3. The molecular formula is C37H61N2O12+.